The van der Waals surface area contributed by atoms with E-state index < -0.39 is 12.0 Å². The van der Waals surface area contributed by atoms with Crippen molar-refractivity contribution >= 4 is 22.5 Å². The minimum absolute atomic E-state index is 0.0942. The molecule has 5 heteroatoms. The molecule has 0 spiro atoms. The molecule has 1 unspecified atom stereocenters. The normalized spacial score (nSPS) is 15.4. The minimum atomic E-state index is -2.56. The third-order valence-electron chi connectivity index (χ3n) is 2.71. The largest absolute Gasteiger partial charge is 0.358 e. The van der Waals surface area contributed by atoms with Crippen molar-refractivity contribution < 1.29 is 8.78 Å². The van der Waals surface area contributed by atoms with Gasteiger partial charge in [-0.2, -0.15) is 0 Å². The van der Waals surface area contributed by atoms with Gasteiger partial charge >= 0.3 is 0 Å². The lowest BCUT2D eigenvalue weighted by molar-refractivity contribution is 0.0635. The SMILES string of the molecule is CC(N)(Cc1cc2cc(Cl)ccc2[nH]1)C(F)F. The topological polar surface area (TPSA) is 41.8 Å². The predicted molar refractivity (Wildman–Crippen MR) is 65.6 cm³/mol. The fraction of sp³-hybridized carbons (Fsp3) is 0.333. The molecule has 3 N–H and O–H groups in total. The summed E-state index contributed by atoms with van der Waals surface area (Å²) in [5.74, 6) is 0. The van der Waals surface area contributed by atoms with Crippen molar-refractivity contribution in [2.75, 3.05) is 0 Å². The molecule has 0 radical (unpaired) electrons. The molecule has 0 saturated heterocycles. The second-order valence-electron chi connectivity index (χ2n) is 4.51. The number of benzene rings is 1. The van der Waals surface area contributed by atoms with Gasteiger partial charge in [0.05, 0.1) is 5.54 Å². The molecule has 1 atom stereocenters. The van der Waals surface area contributed by atoms with Crippen molar-refractivity contribution in [2.24, 2.45) is 5.73 Å². The van der Waals surface area contributed by atoms with Crippen LogP contribution in [0.1, 0.15) is 12.6 Å². The average molecular weight is 259 g/mol. The third-order valence-corrected chi connectivity index (χ3v) is 2.94. The smallest absolute Gasteiger partial charge is 0.256 e. The van der Waals surface area contributed by atoms with E-state index in [1.807, 2.05) is 6.07 Å². The molecule has 17 heavy (non-hydrogen) atoms. The van der Waals surface area contributed by atoms with Crippen LogP contribution in [0.3, 0.4) is 0 Å². The lowest BCUT2D eigenvalue weighted by atomic mass is 9.98. The summed E-state index contributed by atoms with van der Waals surface area (Å²) >= 11 is 5.85. The molecule has 2 rings (SSSR count). The van der Waals surface area contributed by atoms with Gasteiger partial charge < -0.3 is 10.7 Å². The van der Waals surface area contributed by atoms with E-state index in [1.54, 1.807) is 18.2 Å². The number of fused-ring (bicyclic) bond motifs is 1. The van der Waals surface area contributed by atoms with Gasteiger partial charge in [0.15, 0.2) is 0 Å². The Hall–Kier alpha value is -1.13. The maximum absolute atomic E-state index is 12.7. The van der Waals surface area contributed by atoms with Crippen molar-refractivity contribution in [3.63, 3.8) is 0 Å². The second-order valence-corrected chi connectivity index (χ2v) is 4.95. The molecular weight excluding hydrogens is 246 g/mol. The zero-order chi connectivity index (χ0) is 12.6. The van der Waals surface area contributed by atoms with Gasteiger partial charge in [-0.15, -0.1) is 0 Å². The summed E-state index contributed by atoms with van der Waals surface area (Å²) in [4.78, 5) is 3.06. The summed E-state index contributed by atoms with van der Waals surface area (Å²) in [6, 6.07) is 7.15. The highest BCUT2D eigenvalue weighted by Gasteiger charge is 2.30. The number of aromatic amines is 1. The van der Waals surface area contributed by atoms with Crippen molar-refractivity contribution in [1.82, 2.24) is 4.98 Å². The van der Waals surface area contributed by atoms with E-state index in [0.717, 1.165) is 10.9 Å². The van der Waals surface area contributed by atoms with E-state index in [4.69, 9.17) is 17.3 Å². The van der Waals surface area contributed by atoms with Crippen LogP contribution in [0.5, 0.6) is 0 Å². The van der Waals surface area contributed by atoms with Crippen molar-refractivity contribution in [3.05, 3.63) is 35.0 Å². The van der Waals surface area contributed by atoms with Crippen LogP contribution in [0.15, 0.2) is 24.3 Å². The van der Waals surface area contributed by atoms with E-state index in [2.05, 4.69) is 4.98 Å². The number of halogens is 3. The number of H-pyrrole nitrogens is 1. The van der Waals surface area contributed by atoms with Crippen LogP contribution in [-0.2, 0) is 6.42 Å². The monoisotopic (exact) mass is 258 g/mol. The van der Waals surface area contributed by atoms with E-state index in [1.165, 1.54) is 6.92 Å². The third kappa shape index (κ3) is 2.58. The molecule has 0 amide bonds. The molecule has 0 saturated carbocycles. The summed E-state index contributed by atoms with van der Waals surface area (Å²) in [6.07, 6.45) is -2.46. The second kappa shape index (κ2) is 4.27. The molecule has 1 aromatic carbocycles. The van der Waals surface area contributed by atoms with E-state index >= 15 is 0 Å². The molecule has 0 aliphatic heterocycles. The molecular formula is C12H13ClF2N2. The first-order chi connectivity index (χ1) is 7.88. The Bertz CT molecular complexity index is 534. The summed E-state index contributed by atoms with van der Waals surface area (Å²) in [5.41, 5.74) is 5.58. The van der Waals surface area contributed by atoms with Crippen molar-refractivity contribution in [3.8, 4) is 0 Å². The molecule has 0 aliphatic rings. The van der Waals surface area contributed by atoms with Crippen LogP contribution in [0.25, 0.3) is 10.9 Å². The molecule has 2 aromatic rings. The number of rotatable bonds is 3. The fourth-order valence-electron chi connectivity index (χ4n) is 1.75. The molecule has 0 bridgehead atoms. The quantitative estimate of drug-likeness (QED) is 0.871. The Morgan fingerprint density at radius 3 is 2.76 bits per heavy atom. The van der Waals surface area contributed by atoms with Gasteiger partial charge in [0.2, 0.25) is 0 Å². The van der Waals surface area contributed by atoms with Crippen LogP contribution in [-0.4, -0.2) is 16.9 Å². The first-order valence-corrected chi connectivity index (χ1v) is 5.60. The van der Waals surface area contributed by atoms with Gasteiger partial charge in [0.1, 0.15) is 0 Å². The zero-order valence-electron chi connectivity index (χ0n) is 9.31. The molecule has 2 nitrogen and oxygen atoms in total. The number of nitrogens with two attached hydrogens (primary N) is 1. The maximum Gasteiger partial charge on any atom is 0.256 e. The predicted octanol–water partition coefficient (Wildman–Crippen LogP) is 3.35. The highest BCUT2D eigenvalue weighted by atomic mass is 35.5. The van der Waals surface area contributed by atoms with E-state index in [9.17, 15) is 8.78 Å². The Kier molecular flexibility index (Phi) is 3.10. The molecule has 0 fully saturated rings. The zero-order valence-corrected chi connectivity index (χ0v) is 10.1. The molecule has 1 heterocycles. The van der Waals surface area contributed by atoms with Gasteiger partial charge in [-0.1, -0.05) is 11.6 Å². The van der Waals surface area contributed by atoms with Gasteiger partial charge in [-0.05, 0) is 31.2 Å². The number of nitrogens with one attached hydrogen (secondary N) is 1. The summed E-state index contributed by atoms with van der Waals surface area (Å²) in [7, 11) is 0. The average Bonchev–Trinajstić information content (AvgIpc) is 2.57. The first-order valence-electron chi connectivity index (χ1n) is 5.23. The molecule has 1 aromatic heterocycles. The van der Waals surface area contributed by atoms with Gasteiger partial charge in [-0.3, -0.25) is 0 Å². The van der Waals surface area contributed by atoms with Crippen LogP contribution >= 0.6 is 11.6 Å². The van der Waals surface area contributed by atoms with Crippen molar-refractivity contribution in [1.29, 1.82) is 0 Å². The highest BCUT2D eigenvalue weighted by molar-refractivity contribution is 6.31. The standard InChI is InChI=1S/C12H13ClF2N2/c1-12(16,11(14)15)6-9-5-7-4-8(13)2-3-10(7)17-9/h2-5,11,17H,6,16H2,1H3. The Labute approximate surface area is 103 Å². The van der Waals surface area contributed by atoms with Gasteiger partial charge in [-0.25, -0.2) is 8.78 Å². The van der Waals surface area contributed by atoms with Gasteiger partial charge in [0, 0.05) is 28.0 Å². The van der Waals surface area contributed by atoms with Crippen LogP contribution in [0, 0.1) is 0 Å². The lowest BCUT2D eigenvalue weighted by Gasteiger charge is -2.22. The van der Waals surface area contributed by atoms with Crippen LogP contribution in [0.2, 0.25) is 5.02 Å². The Balaban J connectivity index is 2.31. The number of alkyl halides is 2. The Morgan fingerprint density at radius 2 is 2.12 bits per heavy atom. The van der Waals surface area contributed by atoms with E-state index in [0.29, 0.717) is 10.7 Å². The number of hydrogen-bond acceptors (Lipinski definition) is 1. The minimum Gasteiger partial charge on any atom is -0.358 e. The molecule has 92 valence electrons. The summed E-state index contributed by atoms with van der Waals surface area (Å²) in [6.45, 7) is 1.34. The highest BCUT2D eigenvalue weighted by Crippen LogP contribution is 2.23. The van der Waals surface area contributed by atoms with E-state index in [-0.39, 0.29) is 6.42 Å². The fourth-order valence-corrected chi connectivity index (χ4v) is 1.93. The number of hydrogen-bond donors (Lipinski definition) is 2. The summed E-state index contributed by atoms with van der Waals surface area (Å²) in [5, 5.41) is 1.52. The number of aromatic nitrogens is 1. The van der Waals surface area contributed by atoms with Gasteiger partial charge in [0.25, 0.3) is 6.43 Å². The summed E-state index contributed by atoms with van der Waals surface area (Å²) < 4.78 is 25.3. The van der Waals surface area contributed by atoms with Crippen LogP contribution < -0.4 is 5.73 Å². The van der Waals surface area contributed by atoms with Crippen LogP contribution in [0.4, 0.5) is 8.78 Å². The molecule has 0 aliphatic carbocycles. The lowest BCUT2D eigenvalue weighted by Crippen LogP contribution is -2.45. The van der Waals surface area contributed by atoms with Crippen molar-refractivity contribution in [2.45, 2.75) is 25.3 Å². The Morgan fingerprint density at radius 1 is 1.41 bits per heavy atom. The maximum atomic E-state index is 12.7. The first kappa shape index (κ1) is 12.3.